The van der Waals surface area contributed by atoms with Gasteiger partial charge in [-0.3, -0.25) is 4.79 Å². The maximum atomic E-state index is 12.3. The Morgan fingerprint density at radius 1 is 1.10 bits per heavy atom. The lowest BCUT2D eigenvalue weighted by molar-refractivity contribution is -0.119. The number of methoxy groups -OCH3 is 1. The van der Waals surface area contributed by atoms with Crippen LogP contribution in [0.3, 0.4) is 0 Å². The number of benzene rings is 1. The molecule has 9 heteroatoms. The van der Waals surface area contributed by atoms with Gasteiger partial charge in [0.05, 0.1) is 7.11 Å². The van der Waals surface area contributed by atoms with Crippen LogP contribution in [0.5, 0.6) is 0 Å². The van der Waals surface area contributed by atoms with E-state index < -0.39 is 24.5 Å². The van der Waals surface area contributed by atoms with Crippen LogP contribution < -0.4 is 5.32 Å². The van der Waals surface area contributed by atoms with Gasteiger partial charge in [-0.15, -0.1) is 11.3 Å². The van der Waals surface area contributed by atoms with Crippen LogP contribution in [0, 0.1) is 6.92 Å². The Labute approximate surface area is 175 Å². The number of carbonyl (C=O) groups is 3. The van der Waals surface area contributed by atoms with Gasteiger partial charge in [0.15, 0.2) is 6.61 Å². The van der Waals surface area contributed by atoms with Crippen LogP contribution in [0.2, 0.25) is 5.02 Å². The van der Waals surface area contributed by atoms with Crippen LogP contribution in [0.4, 0.5) is 5.00 Å². The summed E-state index contributed by atoms with van der Waals surface area (Å²) in [5.41, 5.74) is 1.34. The maximum Gasteiger partial charge on any atom is 0.374 e. The predicted octanol–water partition coefficient (Wildman–Crippen LogP) is 4.55. The Bertz CT molecular complexity index is 1070. The van der Waals surface area contributed by atoms with E-state index in [1.54, 1.807) is 42.6 Å². The molecule has 0 saturated heterocycles. The number of halogens is 1. The quantitative estimate of drug-likeness (QED) is 0.573. The summed E-state index contributed by atoms with van der Waals surface area (Å²) >= 11 is 7.37. The van der Waals surface area contributed by atoms with Crippen molar-refractivity contribution >= 4 is 45.8 Å². The highest BCUT2D eigenvalue weighted by Gasteiger charge is 2.24. The fourth-order valence-corrected chi connectivity index (χ4v) is 3.74. The van der Waals surface area contributed by atoms with E-state index in [-0.39, 0.29) is 16.3 Å². The van der Waals surface area contributed by atoms with E-state index in [9.17, 15) is 14.4 Å². The number of esters is 2. The van der Waals surface area contributed by atoms with E-state index in [0.717, 1.165) is 11.3 Å². The van der Waals surface area contributed by atoms with Gasteiger partial charge in [0, 0.05) is 21.5 Å². The third-order valence-electron chi connectivity index (χ3n) is 3.87. The van der Waals surface area contributed by atoms with Gasteiger partial charge in [0.2, 0.25) is 5.76 Å². The zero-order valence-corrected chi connectivity index (χ0v) is 17.1. The van der Waals surface area contributed by atoms with Crippen LogP contribution in [-0.2, 0) is 14.3 Å². The number of aryl methyl sites for hydroxylation is 1. The third kappa shape index (κ3) is 4.67. The molecule has 0 aliphatic rings. The average Bonchev–Trinajstić information content (AvgIpc) is 3.32. The highest BCUT2D eigenvalue weighted by atomic mass is 35.5. The summed E-state index contributed by atoms with van der Waals surface area (Å²) in [6.45, 7) is 1.14. The van der Waals surface area contributed by atoms with Gasteiger partial charge in [0.25, 0.3) is 5.91 Å². The maximum absolute atomic E-state index is 12.3. The van der Waals surface area contributed by atoms with Gasteiger partial charge in [-0.2, -0.15) is 0 Å². The molecule has 0 aliphatic heterocycles. The topological polar surface area (TPSA) is 94.8 Å². The van der Waals surface area contributed by atoms with Gasteiger partial charge >= 0.3 is 11.9 Å². The molecule has 0 atom stereocenters. The molecule has 2 aromatic heterocycles. The Morgan fingerprint density at radius 2 is 1.86 bits per heavy atom. The Balaban J connectivity index is 1.76. The van der Waals surface area contributed by atoms with E-state index in [0.29, 0.717) is 21.9 Å². The lowest BCUT2D eigenvalue weighted by Gasteiger charge is -2.09. The van der Waals surface area contributed by atoms with E-state index >= 15 is 0 Å². The summed E-state index contributed by atoms with van der Waals surface area (Å²) < 4.78 is 14.9. The number of hydrogen-bond acceptors (Lipinski definition) is 7. The van der Waals surface area contributed by atoms with Crippen molar-refractivity contribution in [1.82, 2.24) is 0 Å². The minimum Gasteiger partial charge on any atom is -0.465 e. The van der Waals surface area contributed by atoms with Crippen molar-refractivity contribution in [3.63, 3.8) is 0 Å². The lowest BCUT2D eigenvalue weighted by Crippen LogP contribution is -2.21. The molecule has 3 rings (SSSR count). The number of amides is 1. The van der Waals surface area contributed by atoms with Gasteiger partial charge in [-0.1, -0.05) is 29.8 Å². The number of carbonyl (C=O) groups excluding carboxylic acids is 3. The second-order valence-electron chi connectivity index (χ2n) is 5.86. The molecule has 1 aromatic carbocycles. The first-order valence-corrected chi connectivity index (χ1v) is 9.64. The van der Waals surface area contributed by atoms with Crippen molar-refractivity contribution in [1.29, 1.82) is 0 Å². The van der Waals surface area contributed by atoms with Crippen molar-refractivity contribution in [2.24, 2.45) is 0 Å². The fourth-order valence-electron chi connectivity index (χ4n) is 2.54. The molecule has 0 fully saturated rings. The van der Waals surface area contributed by atoms with E-state index in [2.05, 4.69) is 5.32 Å². The molecule has 0 unspecified atom stereocenters. The molecule has 0 spiro atoms. The number of nitrogens with one attached hydrogen (secondary N) is 1. The van der Waals surface area contributed by atoms with Crippen molar-refractivity contribution in [3.05, 3.63) is 63.9 Å². The molecule has 150 valence electrons. The van der Waals surface area contributed by atoms with Crippen molar-refractivity contribution in [2.45, 2.75) is 6.92 Å². The number of anilines is 1. The summed E-state index contributed by atoms with van der Waals surface area (Å²) in [4.78, 5) is 36.4. The first kappa shape index (κ1) is 20.6. The van der Waals surface area contributed by atoms with Gasteiger partial charge in [-0.05, 0) is 25.1 Å². The second-order valence-corrected chi connectivity index (χ2v) is 7.15. The number of hydrogen-bond donors (Lipinski definition) is 1. The van der Waals surface area contributed by atoms with E-state index in [4.69, 9.17) is 25.5 Å². The summed E-state index contributed by atoms with van der Waals surface area (Å²) in [5, 5.41) is 4.99. The number of thiophene rings is 1. The second kappa shape index (κ2) is 8.93. The highest BCUT2D eigenvalue weighted by Crippen LogP contribution is 2.39. The summed E-state index contributed by atoms with van der Waals surface area (Å²) in [6, 6.07) is 10.1. The summed E-state index contributed by atoms with van der Waals surface area (Å²) in [6.07, 6.45) is 0. The first-order valence-electron chi connectivity index (χ1n) is 8.38. The molecule has 7 nitrogen and oxygen atoms in total. The summed E-state index contributed by atoms with van der Waals surface area (Å²) in [5.74, 6) is -1.44. The van der Waals surface area contributed by atoms with E-state index in [1.165, 1.54) is 13.2 Å². The largest absolute Gasteiger partial charge is 0.465 e. The zero-order chi connectivity index (χ0) is 21.0. The number of furan rings is 1. The van der Waals surface area contributed by atoms with Crippen molar-refractivity contribution in [2.75, 3.05) is 19.0 Å². The monoisotopic (exact) mass is 433 g/mol. The first-order chi connectivity index (χ1) is 13.9. The number of rotatable bonds is 6. The lowest BCUT2D eigenvalue weighted by atomic mass is 10.0. The molecule has 2 heterocycles. The molecule has 0 bridgehead atoms. The van der Waals surface area contributed by atoms with Crippen LogP contribution in [-0.4, -0.2) is 31.6 Å². The van der Waals surface area contributed by atoms with Crippen LogP contribution in [0.25, 0.3) is 11.1 Å². The Kier molecular flexibility index (Phi) is 6.36. The Hall–Kier alpha value is -3.10. The molecular formula is C20H16ClNO6S. The predicted molar refractivity (Wildman–Crippen MR) is 108 cm³/mol. The van der Waals surface area contributed by atoms with E-state index in [1.807, 2.05) is 0 Å². The van der Waals surface area contributed by atoms with Gasteiger partial charge in [-0.25, -0.2) is 9.59 Å². The van der Waals surface area contributed by atoms with Crippen molar-refractivity contribution < 1.29 is 28.3 Å². The molecule has 1 amide bonds. The molecule has 3 aromatic rings. The zero-order valence-electron chi connectivity index (χ0n) is 15.5. The minimum absolute atomic E-state index is 0.00248. The average molecular weight is 434 g/mol. The van der Waals surface area contributed by atoms with Gasteiger partial charge in [0.1, 0.15) is 16.3 Å². The van der Waals surface area contributed by atoms with Crippen LogP contribution in [0.1, 0.15) is 26.7 Å². The minimum atomic E-state index is -0.760. The normalized spacial score (nSPS) is 10.4. The molecule has 0 radical (unpaired) electrons. The smallest absolute Gasteiger partial charge is 0.374 e. The molecule has 1 N–H and O–H groups in total. The highest BCUT2D eigenvalue weighted by molar-refractivity contribution is 7.15. The van der Waals surface area contributed by atoms with Crippen molar-refractivity contribution in [3.8, 4) is 11.1 Å². The fraction of sp³-hybridized carbons (Fsp3) is 0.150. The molecule has 29 heavy (non-hydrogen) atoms. The summed E-state index contributed by atoms with van der Waals surface area (Å²) in [7, 11) is 1.25. The Morgan fingerprint density at radius 3 is 2.52 bits per heavy atom. The van der Waals surface area contributed by atoms with Crippen LogP contribution in [0.15, 0.2) is 46.2 Å². The third-order valence-corrected chi connectivity index (χ3v) is 5.10. The molecule has 0 aliphatic carbocycles. The van der Waals surface area contributed by atoms with Crippen LogP contribution >= 0.6 is 22.9 Å². The molecule has 0 saturated carbocycles. The number of ether oxygens (including phenoxy) is 2. The SMILES string of the molecule is COC(=O)c1c(-c2ccccc2Cl)csc1NC(=O)COC(=O)c1ccc(C)o1. The standard InChI is InChI=1S/C20H16ClNO6S/c1-11-7-8-15(28-11)19(24)27-9-16(23)22-18-17(20(25)26-2)13(10-29-18)12-5-3-4-6-14(12)21/h3-8,10H,9H2,1-2H3,(H,22,23). The van der Waals surface area contributed by atoms with Gasteiger partial charge < -0.3 is 19.2 Å². The molecular weight excluding hydrogens is 418 g/mol.